The van der Waals surface area contributed by atoms with Crippen LogP contribution >= 0.6 is 0 Å². The first-order chi connectivity index (χ1) is 29.6. The van der Waals surface area contributed by atoms with E-state index in [1.165, 1.54) is 6.92 Å². The van der Waals surface area contributed by atoms with Gasteiger partial charge in [-0.2, -0.15) is 0 Å². The Labute approximate surface area is 358 Å². The molecule has 0 aromatic carbocycles. The van der Waals surface area contributed by atoms with Gasteiger partial charge in [-0.3, -0.25) is 14.3 Å². The van der Waals surface area contributed by atoms with Crippen molar-refractivity contribution in [1.82, 2.24) is 10.6 Å². The molecular weight excluding hydrogens is 868 g/mol. The molecule has 0 spiro atoms. The summed E-state index contributed by atoms with van der Waals surface area (Å²) in [7, 11) is 0.947. The number of ether oxygens (including phenoxy) is 8. The third-order valence-electron chi connectivity index (χ3n) is 10.2. The van der Waals surface area contributed by atoms with Gasteiger partial charge in [0.1, 0.15) is 79.4 Å². The van der Waals surface area contributed by atoms with Gasteiger partial charge in [-0.05, 0) is 6.92 Å². The molecule has 2 amide bonds. The summed E-state index contributed by atoms with van der Waals surface area (Å²) in [5, 5.41) is 150. The molecule has 3 aliphatic heterocycles. The van der Waals surface area contributed by atoms with E-state index in [4.69, 9.17) is 47.7 Å². The molecule has 3 fully saturated rings. The van der Waals surface area contributed by atoms with Crippen LogP contribution in [0, 0.1) is 0 Å². The quantitative estimate of drug-likeness (QED) is 0.0243. The molecule has 3 rings (SSSR count). The summed E-state index contributed by atoms with van der Waals surface area (Å²) >= 11 is 0. The van der Waals surface area contributed by atoms with Gasteiger partial charge in [0, 0.05) is 34.0 Å². The number of nitrogens with one attached hydrogen (secondary N) is 2. The second kappa shape index (κ2) is 24.9. The summed E-state index contributed by atoms with van der Waals surface area (Å²) in [4.78, 5) is 46.1. The average Bonchev–Trinajstić information content (AvgIpc) is 3.23. The Morgan fingerprint density at radius 2 is 1.35 bits per heavy atom. The molecule has 21 atom stereocenters. The van der Waals surface area contributed by atoms with Crippen molar-refractivity contribution in [2.75, 3.05) is 40.1 Å². The maximum Gasteiger partial charge on any atom is 0.364 e. The Kier molecular flexibility index (Phi) is 21.6. The second-order valence-electron chi connectivity index (χ2n) is 14.7. The first-order valence-electron chi connectivity index (χ1n) is 19.4. The van der Waals surface area contributed by atoms with Crippen LogP contribution in [0.4, 0.5) is 0 Å². The predicted octanol–water partition coefficient (Wildman–Crippen LogP) is -9.74. The fourth-order valence-electron chi connectivity index (χ4n) is 6.79. The average molecular weight is 929 g/mol. The maximum absolute atomic E-state index is 12.2. The molecule has 29 heteroatoms. The Morgan fingerprint density at radius 3 is 1.89 bits per heavy atom. The van der Waals surface area contributed by atoms with Gasteiger partial charge in [0.15, 0.2) is 18.6 Å². The van der Waals surface area contributed by atoms with Gasteiger partial charge in [-0.25, -0.2) is 14.6 Å². The van der Waals surface area contributed by atoms with E-state index in [0.717, 1.165) is 21.0 Å². The number of methoxy groups -OCH3 is 1. The first kappa shape index (κ1) is 54.8. The number of rotatable bonds is 24. The minimum Gasteiger partial charge on any atom is -0.477 e. The summed E-state index contributed by atoms with van der Waals surface area (Å²) in [5.74, 6) is -5.61. The lowest BCUT2D eigenvalue weighted by Gasteiger charge is -2.45. The SMILES string of the molecule is CO[C@@](CCO)(OCC1O[C@@H](OOC2C(O)[C@H](O)C(CO)O[C@@H]2OC(O)O[C@H](C(O)CO)C(O)[C@H](NC(C)=O)O[C@@H]2C(CO)O[C@@H](C)C(NC(C)=O)C2O)C(O)C(O)[C@H]1O)C(=O)O. The van der Waals surface area contributed by atoms with Crippen molar-refractivity contribution in [1.29, 1.82) is 0 Å². The Balaban J connectivity index is 1.83. The standard InChI is InChI=1S/C34H60N2O27/c1-11-18(35-12(2)41)21(46)27(16(9-40)56-11)59-29(36-13(3)42)25(50)26(14(43)7-38)60-33(53)61-31-28(23(48)19(44)15(8-39)57-31)62-63-30-24(49)22(47)20(45)17(58-30)10-55-34(54-4,5-6-37)32(51)52/h11,14-31,33,37-40,43-50,53H,5-10H2,1-4H3,(H,35,41)(H,36,42)(H,51,52)/t11-,14?,15?,16?,17?,18?,19+,20-,21?,22?,23?,24?,25?,26+,27+,28?,29+,30-,31+,33?,34-/m0/s1. The van der Waals surface area contributed by atoms with E-state index >= 15 is 0 Å². The van der Waals surface area contributed by atoms with Crippen LogP contribution in [0.5, 0.6) is 0 Å². The number of amides is 2. The third kappa shape index (κ3) is 13.8. The van der Waals surface area contributed by atoms with Crippen molar-refractivity contribution in [2.45, 2.75) is 156 Å². The Hall–Kier alpha value is -2.51. The van der Waals surface area contributed by atoms with Gasteiger partial charge in [0.25, 0.3) is 12.3 Å². The molecular formula is C34H60N2O27. The molecule has 0 aliphatic carbocycles. The van der Waals surface area contributed by atoms with Crippen LogP contribution in [0.3, 0.4) is 0 Å². The van der Waals surface area contributed by atoms with E-state index in [1.807, 2.05) is 0 Å². The summed E-state index contributed by atoms with van der Waals surface area (Å²) in [6.07, 6.45) is -35.0. The minimum absolute atomic E-state index is 0.585. The molecule has 3 aliphatic rings. The van der Waals surface area contributed by atoms with Gasteiger partial charge in [0.2, 0.25) is 18.1 Å². The Morgan fingerprint density at radius 1 is 0.730 bits per heavy atom. The third-order valence-corrected chi connectivity index (χ3v) is 10.2. The molecule has 0 saturated carbocycles. The number of aliphatic hydroxyl groups excluding tert-OH is 13. The summed E-state index contributed by atoms with van der Waals surface area (Å²) in [5.41, 5.74) is 0. The highest BCUT2D eigenvalue weighted by atomic mass is 17.2. The molecule has 368 valence electrons. The van der Waals surface area contributed by atoms with E-state index in [1.54, 1.807) is 0 Å². The van der Waals surface area contributed by atoms with Crippen LogP contribution in [0.1, 0.15) is 27.2 Å². The lowest BCUT2D eigenvalue weighted by Crippen LogP contribution is -2.66. The Bertz CT molecular complexity index is 1420. The van der Waals surface area contributed by atoms with Crippen LogP contribution in [-0.2, 0) is 62.1 Å². The van der Waals surface area contributed by atoms with Crippen LogP contribution < -0.4 is 10.6 Å². The molecule has 0 bridgehead atoms. The highest BCUT2D eigenvalue weighted by Gasteiger charge is 2.52. The lowest BCUT2D eigenvalue weighted by atomic mass is 9.93. The van der Waals surface area contributed by atoms with E-state index in [0.29, 0.717) is 0 Å². The molecule has 3 saturated heterocycles. The van der Waals surface area contributed by atoms with E-state index in [-0.39, 0.29) is 0 Å². The van der Waals surface area contributed by atoms with Gasteiger partial charge in [-0.1, -0.05) is 0 Å². The number of hydrogen-bond acceptors (Lipinski definition) is 26. The zero-order valence-electron chi connectivity index (χ0n) is 34.4. The fraction of sp³-hybridized carbons (Fsp3) is 0.912. The lowest BCUT2D eigenvalue weighted by molar-refractivity contribution is -0.483. The first-order valence-corrected chi connectivity index (χ1v) is 19.4. The number of aliphatic carboxylic acids is 1. The van der Waals surface area contributed by atoms with Crippen LogP contribution in [0.25, 0.3) is 0 Å². The number of carbonyl (C=O) groups excluding carboxylic acids is 2. The maximum atomic E-state index is 12.2. The van der Waals surface area contributed by atoms with Crippen molar-refractivity contribution in [2.24, 2.45) is 0 Å². The van der Waals surface area contributed by atoms with Gasteiger partial charge in [-0.15, -0.1) is 0 Å². The van der Waals surface area contributed by atoms with Gasteiger partial charge < -0.3 is 115 Å². The highest BCUT2D eigenvalue weighted by Crippen LogP contribution is 2.31. The minimum atomic E-state index is -2.72. The van der Waals surface area contributed by atoms with E-state index < -0.39 is 186 Å². The fourth-order valence-corrected chi connectivity index (χ4v) is 6.79. The van der Waals surface area contributed by atoms with Crippen molar-refractivity contribution in [3.8, 4) is 0 Å². The summed E-state index contributed by atoms with van der Waals surface area (Å²) < 4.78 is 42.9. The van der Waals surface area contributed by atoms with Crippen molar-refractivity contribution in [3.63, 3.8) is 0 Å². The van der Waals surface area contributed by atoms with E-state index in [9.17, 15) is 85.9 Å². The molecule has 0 aromatic heterocycles. The smallest absolute Gasteiger partial charge is 0.364 e. The van der Waals surface area contributed by atoms with Crippen LogP contribution in [0.15, 0.2) is 0 Å². The van der Waals surface area contributed by atoms with Gasteiger partial charge >= 0.3 is 5.97 Å². The number of carboxylic acid groups (broad SMARTS) is 1. The topological polar surface area (TPSA) is 451 Å². The largest absolute Gasteiger partial charge is 0.477 e. The van der Waals surface area contributed by atoms with Crippen molar-refractivity contribution < 1.29 is 134 Å². The summed E-state index contributed by atoms with van der Waals surface area (Å²) in [6, 6.07) is -1.14. The zero-order chi connectivity index (χ0) is 47.5. The van der Waals surface area contributed by atoms with E-state index in [2.05, 4.69) is 10.6 Å². The normalized spacial score (nSPS) is 37.2. The monoisotopic (exact) mass is 928 g/mol. The van der Waals surface area contributed by atoms with Crippen molar-refractivity contribution >= 4 is 17.8 Å². The molecule has 29 nitrogen and oxygen atoms in total. The second-order valence-corrected chi connectivity index (χ2v) is 14.7. The van der Waals surface area contributed by atoms with Crippen LogP contribution in [0.2, 0.25) is 0 Å². The predicted molar refractivity (Wildman–Crippen MR) is 194 cm³/mol. The van der Waals surface area contributed by atoms with Gasteiger partial charge in [0.05, 0.1) is 38.6 Å². The summed E-state index contributed by atoms with van der Waals surface area (Å²) in [6.45, 7) is -3.71. The molecule has 12 unspecified atom stereocenters. The highest BCUT2D eigenvalue weighted by molar-refractivity contribution is 5.75. The molecule has 16 N–H and O–H groups in total. The molecule has 63 heavy (non-hydrogen) atoms. The number of carbonyl (C=O) groups is 3. The molecule has 0 aromatic rings. The molecule has 0 radical (unpaired) electrons. The number of hydrogen-bond donors (Lipinski definition) is 16. The molecule has 3 heterocycles. The number of aliphatic hydroxyl groups is 13. The van der Waals surface area contributed by atoms with Crippen molar-refractivity contribution in [3.05, 3.63) is 0 Å². The number of carboxylic acids is 1. The van der Waals surface area contributed by atoms with Crippen LogP contribution in [-0.4, -0.2) is 258 Å². The zero-order valence-corrected chi connectivity index (χ0v) is 34.4.